The molecule has 3 aromatic rings. The van der Waals surface area contributed by atoms with Gasteiger partial charge in [0.2, 0.25) is 0 Å². The van der Waals surface area contributed by atoms with Gasteiger partial charge in [0, 0.05) is 23.2 Å². The summed E-state index contributed by atoms with van der Waals surface area (Å²) in [5, 5.41) is 4.22. The Morgan fingerprint density at radius 1 is 1.07 bits per heavy atom. The molecule has 142 valence electrons. The van der Waals surface area contributed by atoms with Crippen LogP contribution < -0.4 is 10.0 Å². The third-order valence-corrected chi connectivity index (χ3v) is 5.88. The first-order valence-corrected chi connectivity index (χ1v) is 10.1. The van der Waals surface area contributed by atoms with E-state index in [1.807, 2.05) is 0 Å². The van der Waals surface area contributed by atoms with Crippen LogP contribution in [0.15, 0.2) is 52.9 Å². The van der Waals surface area contributed by atoms with Crippen molar-refractivity contribution in [2.75, 3.05) is 10.0 Å². The lowest BCUT2D eigenvalue weighted by Gasteiger charge is -2.17. The summed E-state index contributed by atoms with van der Waals surface area (Å²) in [5.74, 6) is -2.63. The van der Waals surface area contributed by atoms with Gasteiger partial charge in [0.05, 0.1) is 11.7 Å². The molecule has 1 aromatic heterocycles. The molecule has 3 rings (SSSR count). The van der Waals surface area contributed by atoms with Gasteiger partial charge in [-0.2, -0.15) is 0 Å². The first-order valence-electron chi connectivity index (χ1n) is 7.70. The summed E-state index contributed by atoms with van der Waals surface area (Å²) >= 11 is 1.000. The highest BCUT2D eigenvalue weighted by Crippen LogP contribution is 2.28. The lowest BCUT2D eigenvalue weighted by atomic mass is 10.1. The molecule has 0 aliphatic heterocycles. The van der Waals surface area contributed by atoms with Crippen molar-refractivity contribution in [2.24, 2.45) is 0 Å². The standard InChI is InChI=1S/C17H14F3N3O2S2/c1-10(11-4-2-3-5-12(11)18)22-15-8-14(20)16(9-13(15)19)27(24,25)23-17-21-6-7-26-17/h2-10,22H,1H3,(H,21,23). The number of anilines is 2. The molecule has 1 heterocycles. The predicted octanol–water partition coefficient (Wildman–Crippen LogP) is 4.53. The van der Waals surface area contributed by atoms with Gasteiger partial charge in [-0.15, -0.1) is 11.3 Å². The molecule has 0 spiro atoms. The highest BCUT2D eigenvalue weighted by atomic mass is 32.2. The van der Waals surface area contributed by atoms with Crippen molar-refractivity contribution in [1.29, 1.82) is 0 Å². The summed E-state index contributed by atoms with van der Waals surface area (Å²) in [6.07, 6.45) is 1.37. The van der Waals surface area contributed by atoms with Crippen LogP contribution in [0.5, 0.6) is 0 Å². The lowest BCUT2D eigenvalue weighted by molar-refractivity contribution is 0.555. The van der Waals surface area contributed by atoms with E-state index in [2.05, 4.69) is 15.0 Å². The number of halogens is 3. The summed E-state index contributed by atoms with van der Waals surface area (Å²) in [5.41, 5.74) is -0.0177. The van der Waals surface area contributed by atoms with Gasteiger partial charge < -0.3 is 5.32 Å². The number of rotatable bonds is 6. The summed E-state index contributed by atoms with van der Waals surface area (Å²) in [4.78, 5) is 2.89. The van der Waals surface area contributed by atoms with Crippen LogP contribution in [-0.4, -0.2) is 13.4 Å². The molecule has 0 aliphatic rings. The van der Waals surface area contributed by atoms with Crippen molar-refractivity contribution in [3.63, 3.8) is 0 Å². The maximum atomic E-state index is 14.4. The molecule has 0 bridgehead atoms. The van der Waals surface area contributed by atoms with Crippen molar-refractivity contribution in [1.82, 2.24) is 4.98 Å². The van der Waals surface area contributed by atoms with E-state index >= 15 is 0 Å². The minimum Gasteiger partial charge on any atom is -0.376 e. The zero-order valence-electron chi connectivity index (χ0n) is 13.9. The highest BCUT2D eigenvalue weighted by Gasteiger charge is 2.23. The second kappa shape index (κ2) is 7.57. The molecule has 5 nitrogen and oxygen atoms in total. The van der Waals surface area contributed by atoms with E-state index in [4.69, 9.17) is 0 Å². The Balaban J connectivity index is 1.88. The molecule has 2 aromatic carbocycles. The quantitative estimate of drug-likeness (QED) is 0.623. The Labute approximate surface area is 157 Å². The van der Waals surface area contributed by atoms with Gasteiger partial charge in [-0.3, -0.25) is 4.72 Å². The highest BCUT2D eigenvalue weighted by molar-refractivity contribution is 7.93. The largest absolute Gasteiger partial charge is 0.376 e. The van der Waals surface area contributed by atoms with Gasteiger partial charge in [-0.25, -0.2) is 26.6 Å². The topological polar surface area (TPSA) is 71.1 Å². The number of nitrogens with zero attached hydrogens (tertiary/aromatic N) is 1. The van der Waals surface area contributed by atoms with Crippen molar-refractivity contribution in [2.45, 2.75) is 17.9 Å². The second-order valence-electron chi connectivity index (χ2n) is 5.59. The number of hydrogen-bond donors (Lipinski definition) is 2. The average Bonchev–Trinajstić information content (AvgIpc) is 3.10. The third kappa shape index (κ3) is 4.22. The number of nitrogens with one attached hydrogen (secondary N) is 2. The number of aromatic nitrogens is 1. The zero-order valence-corrected chi connectivity index (χ0v) is 15.5. The van der Waals surface area contributed by atoms with E-state index in [9.17, 15) is 21.6 Å². The van der Waals surface area contributed by atoms with Crippen LogP contribution in [0.3, 0.4) is 0 Å². The fourth-order valence-corrected chi connectivity index (χ4v) is 4.29. The van der Waals surface area contributed by atoms with Crippen LogP contribution in [0.25, 0.3) is 0 Å². The van der Waals surface area contributed by atoms with Crippen LogP contribution in [0.4, 0.5) is 24.0 Å². The average molecular weight is 413 g/mol. The normalized spacial score (nSPS) is 12.6. The molecule has 0 radical (unpaired) electrons. The SMILES string of the molecule is CC(Nc1cc(F)c(S(=O)(=O)Nc2nccs2)cc1F)c1ccccc1F. The van der Waals surface area contributed by atoms with E-state index in [0.717, 1.165) is 17.4 Å². The number of sulfonamides is 1. The molecule has 0 aliphatic carbocycles. The number of thiazole rings is 1. The van der Waals surface area contributed by atoms with Crippen LogP contribution >= 0.6 is 11.3 Å². The van der Waals surface area contributed by atoms with Gasteiger partial charge in [0.15, 0.2) is 5.13 Å². The second-order valence-corrected chi connectivity index (χ2v) is 8.14. The van der Waals surface area contributed by atoms with E-state index in [1.54, 1.807) is 13.0 Å². The molecular formula is C17H14F3N3O2S2. The fraction of sp³-hybridized carbons (Fsp3) is 0.118. The molecular weight excluding hydrogens is 399 g/mol. The molecule has 1 atom stereocenters. The lowest BCUT2D eigenvalue weighted by Crippen LogP contribution is -2.16. The maximum absolute atomic E-state index is 14.4. The minimum absolute atomic E-state index is 0.0326. The molecule has 0 fully saturated rings. The fourth-order valence-electron chi connectivity index (χ4n) is 2.43. The van der Waals surface area contributed by atoms with Gasteiger partial charge in [0.25, 0.3) is 10.0 Å². The Hall–Kier alpha value is -2.59. The Morgan fingerprint density at radius 3 is 2.48 bits per heavy atom. The van der Waals surface area contributed by atoms with E-state index in [1.165, 1.54) is 29.8 Å². The molecule has 0 amide bonds. The van der Waals surface area contributed by atoms with Gasteiger partial charge >= 0.3 is 0 Å². The van der Waals surface area contributed by atoms with Crippen LogP contribution in [0, 0.1) is 17.5 Å². The molecule has 1 unspecified atom stereocenters. The molecule has 10 heteroatoms. The van der Waals surface area contributed by atoms with Crippen LogP contribution in [0.1, 0.15) is 18.5 Å². The van der Waals surface area contributed by atoms with Crippen LogP contribution in [0.2, 0.25) is 0 Å². The summed E-state index contributed by atoms with van der Waals surface area (Å²) < 4.78 is 69.2. The zero-order chi connectivity index (χ0) is 19.6. The predicted molar refractivity (Wildman–Crippen MR) is 97.7 cm³/mol. The minimum atomic E-state index is -4.35. The van der Waals surface area contributed by atoms with E-state index in [0.29, 0.717) is 6.07 Å². The van der Waals surface area contributed by atoms with Crippen LogP contribution in [-0.2, 0) is 10.0 Å². The summed E-state index contributed by atoms with van der Waals surface area (Å²) in [7, 11) is -4.35. The van der Waals surface area contributed by atoms with Gasteiger partial charge in [0.1, 0.15) is 22.3 Å². The van der Waals surface area contributed by atoms with Crippen molar-refractivity contribution in [3.8, 4) is 0 Å². The number of hydrogen-bond acceptors (Lipinski definition) is 5. The van der Waals surface area contributed by atoms with E-state index < -0.39 is 38.4 Å². The Kier molecular flexibility index (Phi) is 5.38. The monoisotopic (exact) mass is 413 g/mol. The van der Waals surface area contributed by atoms with Crippen molar-refractivity contribution >= 4 is 32.2 Å². The van der Waals surface area contributed by atoms with Crippen molar-refractivity contribution < 1.29 is 21.6 Å². The number of benzene rings is 2. The maximum Gasteiger partial charge on any atom is 0.266 e. The van der Waals surface area contributed by atoms with E-state index in [-0.39, 0.29) is 16.4 Å². The summed E-state index contributed by atoms with van der Waals surface area (Å²) in [6, 6.07) is 6.53. The first kappa shape index (κ1) is 19.2. The van der Waals surface area contributed by atoms with Gasteiger partial charge in [-0.05, 0) is 19.1 Å². The molecule has 0 saturated heterocycles. The Morgan fingerprint density at radius 2 is 1.81 bits per heavy atom. The van der Waals surface area contributed by atoms with Crippen molar-refractivity contribution in [3.05, 3.63) is 71.0 Å². The molecule has 2 N–H and O–H groups in total. The first-order chi connectivity index (χ1) is 12.8. The Bertz CT molecular complexity index is 1060. The smallest absolute Gasteiger partial charge is 0.266 e. The molecule has 27 heavy (non-hydrogen) atoms. The van der Waals surface area contributed by atoms with Gasteiger partial charge in [-0.1, -0.05) is 18.2 Å². The summed E-state index contributed by atoms with van der Waals surface area (Å²) in [6.45, 7) is 1.57. The third-order valence-electron chi connectivity index (χ3n) is 3.71. The molecule has 0 saturated carbocycles.